The van der Waals surface area contributed by atoms with Crippen LogP contribution in [0.1, 0.15) is 47.6 Å². The first-order valence-electron chi connectivity index (χ1n) is 11.1. The van der Waals surface area contributed by atoms with Gasteiger partial charge in [0.25, 0.3) is 0 Å². The SMILES string of the molecule is Cc1nc2c(c(N[C@H](C)c3cc(N)cc(C(F)(F)F)c3)n1)CCN(C(=O)C1CCOC1)CC2. The molecular weight excluding hydrogens is 435 g/mol. The normalized spacial score (nSPS) is 19.7. The van der Waals surface area contributed by atoms with Crippen molar-refractivity contribution in [2.45, 2.75) is 45.3 Å². The highest BCUT2D eigenvalue weighted by Crippen LogP contribution is 2.34. The summed E-state index contributed by atoms with van der Waals surface area (Å²) in [7, 11) is 0. The molecule has 7 nitrogen and oxygen atoms in total. The first-order chi connectivity index (χ1) is 15.6. The molecule has 0 saturated carbocycles. The Balaban J connectivity index is 1.56. The van der Waals surface area contributed by atoms with Crippen molar-refractivity contribution in [3.05, 3.63) is 46.4 Å². The standard InChI is InChI=1S/C23H28F3N5O2/c1-13(16-9-17(23(24,25)26)11-18(27)10-16)28-21-19-3-6-31(22(32)15-5-8-33-12-15)7-4-20(19)29-14(2)30-21/h9-11,13,15H,3-8,12,27H2,1-2H3,(H,28,29,30)/t13-,15?/m1/s1. The smallest absolute Gasteiger partial charge is 0.399 e. The van der Waals surface area contributed by atoms with Gasteiger partial charge in [0.1, 0.15) is 11.6 Å². The van der Waals surface area contributed by atoms with Gasteiger partial charge in [-0.25, -0.2) is 9.97 Å². The minimum atomic E-state index is -4.48. The van der Waals surface area contributed by atoms with Crippen LogP contribution in [-0.2, 0) is 28.5 Å². The van der Waals surface area contributed by atoms with E-state index in [4.69, 9.17) is 10.5 Å². The lowest BCUT2D eigenvalue weighted by molar-refractivity contribution is -0.137. The van der Waals surface area contributed by atoms with E-state index in [1.807, 2.05) is 4.90 Å². The second-order valence-electron chi connectivity index (χ2n) is 8.68. The Bertz CT molecular complexity index is 1040. The minimum Gasteiger partial charge on any atom is -0.399 e. The molecule has 1 fully saturated rings. The Kier molecular flexibility index (Phi) is 6.47. The van der Waals surface area contributed by atoms with Crippen LogP contribution in [0.3, 0.4) is 0 Å². The quantitative estimate of drug-likeness (QED) is 0.674. The molecule has 3 N–H and O–H groups in total. The number of carbonyl (C=O) groups is 1. The molecular formula is C23H28F3N5O2. The van der Waals surface area contributed by atoms with Gasteiger partial charge in [0.05, 0.1) is 29.8 Å². The second-order valence-corrected chi connectivity index (χ2v) is 8.68. The summed E-state index contributed by atoms with van der Waals surface area (Å²) < 4.78 is 45.1. The molecule has 2 atom stereocenters. The van der Waals surface area contributed by atoms with Crippen LogP contribution in [-0.4, -0.2) is 47.1 Å². The Morgan fingerprint density at radius 1 is 1.24 bits per heavy atom. The molecule has 33 heavy (non-hydrogen) atoms. The second kappa shape index (κ2) is 9.17. The van der Waals surface area contributed by atoms with Crippen molar-refractivity contribution in [3.63, 3.8) is 0 Å². The van der Waals surface area contributed by atoms with Gasteiger partial charge in [-0.05, 0) is 50.5 Å². The van der Waals surface area contributed by atoms with E-state index in [2.05, 4.69) is 15.3 Å². The summed E-state index contributed by atoms with van der Waals surface area (Å²) in [5.74, 6) is 1.16. The van der Waals surface area contributed by atoms with E-state index < -0.39 is 17.8 Å². The number of alkyl halides is 3. The predicted molar refractivity (Wildman–Crippen MR) is 118 cm³/mol. The van der Waals surface area contributed by atoms with Gasteiger partial charge >= 0.3 is 6.18 Å². The van der Waals surface area contributed by atoms with Gasteiger partial charge in [-0.2, -0.15) is 13.2 Å². The van der Waals surface area contributed by atoms with E-state index in [1.54, 1.807) is 13.8 Å². The van der Waals surface area contributed by atoms with Crippen LogP contribution in [0.15, 0.2) is 18.2 Å². The summed E-state index contributed by atoms with van der Waals surface area (Å²) in [4.78, 5) is 23.8. The van der Waals surface area contributed by atoms with E-state index in [-0.39, 0.29) is 17.5 Å². The van der Waals surface area contributed by atoms with Gasteiger partial charge in [0.2, 0.25) is 5.91 Å². The average molecular weight is 464 g/mol. The summed E-state index contributed by atoms with van der Waals surface area (Å²) >= 11 is 0. The van der Waals surface area contributed by atoms with E-state index >= 15 is 0 Å². The van der Waals surface area contributed by atoms with Crippen LogP contribution in [0.4, 0.5) is 24.7 Å². The van der Waals surface area contributed by atoms with Crippen molar-refractivity contribution >= 4 is 17.4 Å². The summed E-state index contributed by atoms with van der Waals surface area (Å²) in [5.41, 5.74) is 7.18. The van der Waals surface area contributed by atoms with Crippen molar-refractivity contribution in [1.29, 1.82) is 0 Å². The average Bonchev–Trinajstić information content (AvgIpc) is 3.20. The number of ether oxygens (including phenoxy) is 1. The Morgan fingerprint density at radius 2 is 2.00 bits per heavy atom. The number of nitrogens with zero attached hydrogens (tertiary/aromatic N) is 3. The molecule has 2 aliphatic rings. The summed E-state index contributed by atoms with van der Waals surface area (Å²) in [6, 6.07) is 3.09. The predicted octanol–water partition coefficient (Wildman–Crippen LogP) is 3.52. The number of halogens is 3. The number of nitrogen functional groups attached to an aromatic ring is 1. The number of nitrogens with one attached hydrogen (secondary N) is 1. The molecule has 1 unspecified atom stereocenters. The molecule has 2 aromatic rings. The van der Waals surface area contributed by atoms with Crippen molar-refractivity contribution in [1.82, 2.24) is 14.9 Å². The van der Waals surface area contributed by atoms with E-state index in [0.29, 0.717) is 56.4 Å². The van der Waals surface area contributed by atoms with E-state index in [1.165, 1.54) is 6.07 Å². The lowest BCUT2D eigenvalue weighted by atomic mass is 10.0. The van der Waals surface area contributed by atoms with Crippen LogP contribution in [0, 0.1) is 12.8 Å². The maximum absolute atomic E-state index is 13.2. The number of nitrogens with two attached hydrogens (primary N) is 1. The highest BCUT2D eigenvalue weighted by atomic mass is 19.4. The topological polar surface area (TPSA) is 93.4 Å². The fraction of sp³-hybridized carbons (Fsp3) is 0.522. The largest absolute Gasteiger partial charge is 0.416 e. The molecule has 0 bridgehead atoms. The summed E-state index contributed by atoms with van der Waals surface area (Å²) in [5, 5.41) is 3.26. The molecule has 0 aliphatic carbocycles. The molecule has 1 amide bonds. The third kappa shape index (κ3) is 5.21. The maximum Gasteiger partial charge on any atom is 0.416 e. The van der Waals surface area contributed by atoms with E-state index in [0.717, 1.165) is 29.8 Å². The molecule has 1 saturated heterocycles. The van der Waals surface area contributed by atoms with Gasteiger partial charge in [-0.15, -0.1) is 0 Å². The van der Waals surface area contributed by atoms with Crippen molar-refractivity contribution in [3.8, 4) is 0 Å². The number of aryl methyl sites for hydroxylation is 1. The van der Waals surface area contributed by atoms with Crippen molar-refractivity contribution in [2.24, 2.45) is 5.92 Å². The number of benzene rings is 1. The summed E-state index contributed by atoms with van der Waals surface area (Å²) in [6.45, 7) is 5.73. The third-order valence-electron chi connectivity index (χ3n) is 6.20. The number of hydrogen-bond acceptors (Lipinski definition) is 6. The van der Waals surface area contributed by atoms with Gasteiger partial charge in [0.15, 0.2) is 0 Å². The first kappa shape index (κ1) is 23.3. The van der Waals surface area contributed by atoms with Crippen LogP contribution in [0.25, 0.3) is 0 Å². The molecule has 4 rings (SSSR count). The molecule has 178 valence electrons. The van der Waals surface area contributed by atoms with Gasteiger partial charge in [0, 0.05) is 37.4 Å². The van der Waals surface area contributed by atoms with Crippen LogP contribution in [0.5, 0.6) is 0 Å². The number of hydrogen-bond donors (Lipinski definition) is 2. The Morgan fingerprint density at radius 3 is 2.70 bits per heavy atom. The number of aromatic nitrogens is 2. The fourth-order valence-electron chi connectivity index (χ4n) is 4.43. The molecule has 1 aromatic heterocycles. The highest BCUT2D eigenvalue weighted by Gasteiger charge is 2.32. The molecule has 2 aliphatic heterocycles. The number of anilines is 2. The minimum absolute atomic E-state index is 0.0521. The van der Waals surface area contributed by atoms with Gasteiger partial charge in [-0.3, -0.25) is 4.79 Å². The summed E-state index contributed by atoms with van der Waals surface area (Å²) in [6.07, 6.45) is -2.58. The maximum atomic E-state index is 13.2. The third-order valence-corrected chi connectivity index (χ3v) is 6.20. The van der Waals surface area contributed by atoms with Crippen molar-refractivity contribution < 1.29 is 22.7 Å². The number of rotatable bonds is 4. The van der Waals surface area contributed by atoms with Crippen LogP contribution in [0.2, 0.25) is 0 Å². The lowest BCUT2D eigenvalue weighted by Crippen LogP contribution is -2.38. The number of amides is 1. The van der Waals surface area contributed by atoms with Gasteiger partial charge in [-0.1, -0.05) is 0 Å². The highest BCUT2D eigenvalue weighted by molar-refractivity contribution is 5.79. The molecule has 3 heterocycles. The zero-order chi connectivity index (χ0) is 23.8. The molecule has 0 spiro atoms. The molecule has 0 radical (unpaired) electrons. The monoisotopic (exact) mass is 463 g/mol. The van der Waals surface area contributed by atoms with Crippen molar-refractivity contribution in [2.75, 3.05) is 37.4 Å². The zero-order valence-electron chi connectivity index (χ0n) is 18.7. The van der Waals surface area contributed by atoms with Crippen LogP contribution < -0.4 is 11.1 Å². The zero-order valence-corrected chi connectivity index (χ0v) is 18.7. The number of carbonyl (C=O) groups excluding carboxylic acids is 1. The Labute approximate surface area is 190 Å². The van der Waals surface area contributed by atoms with Crippen LogP contribution >= 0.6 is 0 Å². The molecule has 10 heteroatoms. The number of fused-ring (bicyclic) bond motifs is 1. The first-order valence-corrected chi connectivity index (χ1v) is 11.1. The van der Waals surface area contributed by atoms with E-state index in [9.17, 15) is 18.0 Å². The lowest BCUT2D eigenvalue weighted by Gasteiger charge is -2.23. The fourth-order valence-corrected chi connectivity index (χ4v) is 4.43. The molecule has 1 aromatic carbocycles. The van der Waals surface area contributed by atoms with Gasteiger partial charge < -0.3 is 20.7 Å². The Hall–Kier alpha value is -2.88.